The maximum absolute atomic E-state index is 12.9. The number of ether oxygens (including phenoxy) is 1. The topological polar surface area (TPSA) is 80.3 Å². The summed E-state index contributed by atoms with van der Waals surface area (Å²) in [6.45, 7) is 0.360. The van der Waals surface area contributed by atoms with Crippen LogP contribution in [-0.2, 0) is 17.8 Å². The van der Waals surface area contributed by atoms with Gasteiger partial charge < -0.3 is 15.4 Å². The minimum absolute atomic E-state index is 0.149. The van der Waals surface area contributed by atoms with Crippen molar-refractivity contribution in [3.63, 3.8) is 0 Å². The molecule has 1 heterocycles. The van der Waals surface area contributed by atoms with E-state index in [9.17, 15) is 9.59 Å². The lowest BCUT2D eigenvalue weighted by molar-refractivity contribution is -0.123. The average molecular weight is 415 g/mol. The summed E-state index contributed by atoms with van der Waals surface area (Å²) < 4.78 is 5.79. The highest BCUT2D eigenvalue weighted by Gasteiger charge is 2.28. The predicted molar refractivity (Wildman–Crippen MR) is 118 cm³/mol. The lowest BCUT2D eigenvalue weighted by atomic mass is 10.0. The smallest absolute Gasteiger partial charge is 0.252 e. The molecule has 1 atom stereocenters. The van der Waals surface area contributed by atoms with E-state index in [0.717, 1.165) is 24.0 Å². The van der Waals surface area contributed by atoms with Gasteiger partial charge in [-0.2, -0.15) is 0 Å². The number of benzene rings is 2. The van der Waals surface area contributed by atoms with Gasteiger partial charge in [0.2, 0.25) is 5.91 Å². The molecular weight excluding hydrogens is 390 g/mol. The summed E-state index contributed by atoms with van der Waals surface area (Å²) in [4.78, 5) is 29.7. The van der Waals surface area contributed by atoms with E-state index in [1.165, 1.54) is 0 Å². The quantitative estimate of drug-likeness (QED) is 0.562. The van der Waals surface area contributed by atoms with Crippen molar-refractivity contribution in [2.75, 3.05) is 0 Å². The second-order valence-electron chi connectivity index (χ2n) is 7.68. The van der Waals surface area contributed by atoms with Crippen molar-refractivity contribution in [1.82, 2.24) is 15.6 Å². The number of nitrogens with zero attached hydrogens (tertiary/aromatic N) is 1. The van der Waals surface area contributed by atoms with Gasteiger partial charge in [-0.3, -0.25) is 14.6 Å². The van der Waals surface area contributed by atoms with Gasteiger partial charge in [0.25, 0.3) is 5.91 Å². The lowest BCUT2D eigenvalue weighted by Gasteiger charge is -2.19. The van der Waals surface area contributed by atoms with E-state index < -0.39 is 6.04 Å². The zero-order chi connectivity index (χ0) is 21.5. The Morgan fingerprint density at radius 1 is 1.00 bits per heavy atom. The summed E-state index contributed by atoms with van der Waals surface area (Å²) in [6, 6.07) is 20.0. The van der Waals surface area contributed by atoms with Crippen molar-refractivity contribution in [3.8, 4) is 5.75 Å². The summed E-state index contributed by atoms with van der Waals surface area (Å²) in [5, 5.41) is 5.90. The molecule has 158 valence electrons. The van der Waals surface area contributed by atoms with Crippen LogP contribution in [-0.4, -0.2) is 28.9 Å². The van der Waals surface area contributed by atoms with Gasteiger partial charge in [0.15, 0.2) is 0 Å². The van der Waals surface area contributed by atoms with Crippen LogP contribution in [0.5, 0.6) is 5.75 Å². The van der Waals surface area contributed by atoms with Gasteiger partial charge in [0.05, 0.1) is 0 Å². The number of hydrogen-bond acceptors (Lipinski definition) is 4. The van der Waals surface area contributed by atoms with Crippen molar-refractivity contribution in [1.29, 1.82) is 0 Å². The van der Waals surface area contributed by atoms with E-state index in [1.807, 2.05) is 42.5 Å². The molecule has 2 aromatic carbocycles. The Hall–Kier alpha value is -3.67. The zero-order valence-corrected chi connectivity index (χ0v) is 17.2. The predicted octanol–water partition coefficient (Wildman–Crippen LogP) is 3.28. The van der Waals surface area contributed by atoms with Crippen LogP contribution in [0, 0.1) is 0 Å². The number of nitrogens with one attached hydrogen (secondary N) is 2. The molecule has 1 aromatic heterocycles. The minimum Gasteiger partial charge on any atom is -0.489 e. The first-order valence-corrected chi connectivity index (χ1v) is 10.4. The molecule has 6 nitrogen and oxygen atoms in total. The summed E-state index contributed by atoms with van der Waals surface area (Å²) in [5.74, 6) is 0.126. The Balaban J connectivity index is 1.42. The van der Waals surface area contributed by atoms with Crippen LogP contribution in [0.3, 0.4) is 0 Å². The summed E-state index contributed by atoms with van der Waals surface area (Å²) >= 11 is 0. The number of aromatic nitrogens is 1. The monoisotopic (exact) mass is 415 g/mol. The van der Waals surface area contributed by atoms with Crippen LogP contribution in [0.1, 0.15) is 34.3 Å². The fourth-order valence-corrected chi connectivity index (χ4v) is 3.21. The molecule has 2 amide bonds. The van der Waals surface area contributed by atoms with Gasteiger partial charge in [-0.05, 0) is 42.7 Å². The second kappa shape index (κ2) is 9.89. The molecule has 0 bridgehead atoms. The fraction of sp³-hybridized carbons (Fsp3) is 0.240. The van der Waals surface area contributed by atoms with Gasteiger partial charge >= 0.3 is 0 Å². The van der Waals surface area contributed by atoms with Crippen molar-refractivity contribution < 1.29 is 14.3 Å². The van der Waals surface area contributed by atoms with E-state index in [1.54, 1.807) is 36.7 Å². The summed E-state index contributed by atoms with van der Waals surface area (Å²) in [5.41, 5.74) is 2.38. The third-order valence-corrected chi connectivity index (χ3v) is 5.05. The fourth-order valence-electron chi connectivity index (χ4n) is 3.21. The van der Waals surface area contributed by atoms with E-state index in [-0.39, 0.29) is 17.9 Å². The first-order valence-electron chi connectivity index (χ1n) is 10.4. The van der Waals surface area contributed by atoms with E-state index >= 15 is 0 Å². The number of carbonyl (C=O) groups is 2. The Bertz CT molecular complexity index is 1020. The maximum atomic E-state index is 12.9. The Morgan fingerprint density at radius 3 is 2.55 bits per heavy atom. The largest absolute Gasteiger partial charge is 0.489 e. The first kappa shape index (κ1) is 20.6. The van der Waals surface area contributed by atoms with Gasteiger partial charge in [-0.25, -0.2) is 0 Å². The van der Waals surface area contributed by atoms with Gasteiger partial charge in [-0.1, -0.05) is 42.5 Å². The van der Waals surface area contributed by atoms with E-state index in [0.29, 0.717) is 24.3 Å². The molecule has 0 spiro atoms. The Labute approximate surface area is 181 Å². The van der Waals surface area contributed by atoms with E-state index in [4.69, 9.17) is 4.74 Å². The molecule has 2 N–H and O–H groups in total. The molecule has 0 saturated heterocycles. The molecule has 1 saturated carbocycles. The van der Waals surface area contributed by atoms with Crippen LogP contribution >= 0.6 is 0 Å². The minimum atomic E-state index is -0.643. The molecule has 31 heavy (non-hydrogen) atoms. The van der Waals surface area contributed by atoms with Crippen LogP contribution in [0.4, 0.5) is 0 Å². The van der Waals surface area contributed by atoms with Crippen LogP contribution < -0.4 is 15.4 Å². The summed E-state index contributed by atoms with van der Waals surface area (Å²) in [7, 11) is 0. The van der Waals surface area contributed by atoms with Crippen LogP contribution in [0.25, 0.3) is 0 Å². The molecule has 4 rings (SSSR count). The number of pyridine rings is 1. The SMILES string of the molecule is O=C(NC(Cc1ccccc1)C(=O)NC1CC1)c1cccc(OCc2cccnc2)c1. The highest BCUT2D eigenvalue weighted by molar-refractivity contribution is 5.98. The van der Waals surface area contributed by atoms with Gasteiger partial charge in [0, 0.05) is 36.0 Å². The van der Waals surface area contributed by atoms with E-state index in [2.05, 4.69) is 15.6 Å². The number of rotatable bonds is 9. The molecule has 6 heteroatoms. The number of carbonyl (C=O) groups excluding carboxylic acids is 2. The van der Waals surface area contributed by atoms with Crippen LogP contribution in [0.15, 0.2) is 79.1 Å². The Kier molecular flexibility index (Phi) is 6.57. The normalized spacial score (nSPS) is 13.8. The molecule has 0 aliphatic heterocycles. The maximum Gasteiger partial charge on any atom is 0.252 e. The van der Waals surface area contributed by atoms with Crippen LogP contribution in [0.2, 0.25) is 0 Å². The standard InChI is InChI=1S/C25H25N3O3/c29-24(20-9-4-10-22(15-20)31-17-19-8-5-13-26-16-19)28-23(25(30)27-21-11-12-21)14-18-6-2-1-3-7-18/h1-10,13,15-16,21,23H,11-12,14,17H2,(H,27,30)(H,28,29). The van der Waals surface area contributed by atoms with Crippen molar-refractivity contribution in [2.45, 2.75) is 38.0 Å². The molecule has 1 unspecified atom stereocenters. The van der Waals surface area contributed by atoms with Crippen molar-refractivity contribution in [3.05, 3.63) is 95.8 Å². The zero-order valence-electron chi connectivity index (χ0n) is 17.2. The molecule has 1 aliphatic carbocycles. The second-order valence-corrected chi connectivity index (χ2v) is 7.68. The lowest BCUT2D eigenvalue weighted by Crippen LogP contribution is -2.48. The molecule has 1 aliphatic rings. The number of hydrogen-bond donors (Lipinski definition) is 2. The third-order valence-electron chi connectivity index (χ3n) is 5.05. The Morgan fingerprint density at radius 2 is 1.81 bits per heavy atom. The summed E-state index contributed by atoms with van der Waals surface area (Å²) in [6.07, 6.45) is 5.87. The van der Waals surface area contributed by atoms with Crippen molar-refractivity contribution in [2.24, 2.45) is 0 Å². The molecule has 1 fully saturated rings. The van der Waals surface area contributed by atoms with Gasteiger partial charge in [-0.15, -0.1) is 0 Å². The van der Waals surface area contributed by atoms with Gasteiger partial charge in [0.1, 0.15) is 18.4 Å². The highest BCUT2D eigenvalue weighted by atomic mass is 16.5. The highest BCUT2D eigenvalue weighted by Crippen LogP contribution is 2.19. The molecule has 3 aromatic rings. The molecule has 0 radical (unpaired) electrons. The molecular formula is C25H25N3O3. The number of amides is 2. The first-order chi connectivity index (χ1) is 15.2. The van der Waals surface area contributed by atoms with Crippen molar-refractivity contribution >= 4 is 11.8 Å². The third kappa shape index (κ3) is 6.15. The average Bonchev–Trinajstić information content (AvgIpc) is 3.63.